The molecule has 0 spiro atoms. The second-order valence-corrected chi connectivity index (χ2v) is 9.54. The number of carbonyl (C=O) groups is 2. The van der Waals surface area contributed by atoms with Gasteiger partial charge in [0.25, 0.3) is 5.91 Å². The van der Waals surface area contributed by atoms with Crippen molar-refractivity contribution < 1.29 is 9.59 Å². The zero-order valence-electron chi connectivity index (χ0n) is 17.4. The Morgan fingerprint density at radius 3 is 2.41 bits per heavy atom. The third-order valence-electron chi connectivity index (χ3n) is 5.27. The Hall–Kier alpha value is -2.19. The van der Waals surface area contributed by atoms with E-state index in [4.69, 9.17) is 39.9 Å². The van der Waals surface area contributed by atoms with Crippen LogP contribution in [-0.4, -0.2) is 41.9 Å². The van der Waals surface area contributed by atoms with Crippen molar-refractivity contribution in [2.45, 2.75) is 17.4 Å². The summed E-state index contributed by atoms with van der Waals surface area (Å²) in [5.74, 6) is -0.513. The lowest BCUT2D eigenvalue weighted by molar-refractivity contribution is -0.121. The van der Waals surface area contributed by atoms with E-state index in [0.29, 0.717) is 38.3 Å². The summed E-state index contributed by atoms with van der Waals surface area (Å²) in [7, 11) is 3.77. The fourth-order valence-corrected chi connectivity index (χ4v) is 5.50. The van der Waals surface area contributed by atoms with E-state index in [1.54, 1.807) is 28.9 Å². The number of halogens is 3. The summed E-state index contributed by atoms with van der Waals surface area (Å²) < 4.78 is 1.68. The molecule has 2 amide bonds. The van der Waals surface area contributed by atoms with E-state index in [-0.39, 0.29) is 11.8 Å². The van der Waals surface area contributed by atoms with Gasteiger partial charge in [-0.15, -0.1) is 11.8 Å². The molecule has 166 valence electrons. The maximum Gasteiger partial charge on any atom is 0.258 e. The van der Waals surface area contributed by atoms with E-state index in [1.807, 2.05) is 37.4 Å². The number of aromatic nitrogens is 2. The van der Waals surface area contributed by atoms with Crippen LogP contribution in [0.3, 0.4) is 0 Å². The van der Waals surface area contributed by atoms with Crippen molar-refractivity contribution in [1.82, 2.24) is 15.1 Å². The van der Waals surface area contributed by atoms with Crippen LogP contribution in [0.5, 0.6) is 0 Å². The highest BCUT2D eigenvalue weighted by Gasteiger charge is 2.35. The molecule has 2 aromatic carbocycles. The number of nitrogens with zero attached hydrogens (tertiary/aromatic N) is 3. The fraction of sp³-hybridized carbons (Fsp3) is 0.227. The number of hydrogen-bond acceptors (Lipinski definition) is 5. The maximum atomic E-state index is 12.8. The van der Waals surface area contributed by atoms with E-state index in [2.05, 4.69) is 5.32 Å². The maximum absolute atomic E-state index is 12.8. The van der Waals surface area contributed by atoms with Gasteiger partial charge in [-0.3, -0.25) is 14.9 Å². The smallest absolute Gasteiger partial charge is 0.258 e. The molecule has 0 fully saturated rings. The lowest BCUT2D eigenvalue weighted by Gasteiger charge is -2.25. The van der Waals surface area contributed by atoms with Crippen LogP contribution in [0.2, 0.25) is 15.1 Å². The minimum atomic E-state index is -0.540. The quantitative estimate of drug-likeness (QED) is 0.377. The first-order valence-electron chi connectivity index (χ1n) is 9.65. The number of fused-ring (bicyclic) bond motifs is 1. The van der Waals surface area contributed by atoms with E-state index in [1.165, 1.54) is 11.8 Å². The van der Waals surface area contributed by atoms with Gasteiger partial charge in [0.2, 0.25) is 5.91 Å². The summed E-state index contributed by atoms with van der Waals surface area (Å²) in [4.78, 5) is 27.0. The molecule has 3 aromatic rings. The van der Waals surface area contributed by atoms with Gasteiger partial charge in [0.15, 0.2) is 0 Å². The Labute approximate surface area is 204 Å². The predicted octanol–water partition coefficient (Wildman–Crippen LogP) is 5.22. The van der Waals surface area contributed by atoms with Crippen LogP contribution in [0.1, 0.15) is 27.4 Å². The third-order valence-corrected chi connectivity index (χ3v) is 6.78. The SMILES string of the molecule is CSc1nn(-c2c(Cl)cc(Cl)cc2Cl)c(N(C)C)c1CC1C(=O)NC(=O)c2ccccc21. The molecule has 1 aliphatic heterocycles. The third kappa shape index (κ3) is 3.99. The standard InChI is InChI=1S/C22H19Cl3N4O2S/c1-28(2)22-15(10-14-12-6-4-5-7-13(12)19(30)26-20(14)31)21(32-3)27-29(22)18-16(24)8-11(23)9-17(18)25/h4-9,14H,10H2,1-3H3,(H,26,30,31). The number of benzene rings is 2. The molecule has 4 rings (SSSR count). The molecule has 0 radical (unpaired) electrons. The minimum absolute atomic E-state index is 0.333. The molecule has 1 aliphatic rings. The highest BCUT2D eigenvalue weighted by atomic mass is 35.5. The minimum Gasteiger partial charge on any atom is -0.362 e. The van der Waals surface area contributed by atoms with Crippen molar-refractivity contribution in [3.05, 3.63) is 68.2 Å². The first-order chi connectivity index (χ1) is 15.2. The molecule has 1 unspecified atom stereocenters. The molecule has 0 saturated carbocycles. The van der Waals surface area contributed by atoms with E-state index in [0.717, 1.165) is 16.4 Å². The van der Waals surface area contributed by atoms with E-state index in [9.17, 15) is 9.59 Å². The van der Waals surface area contributed by atoms with Gasteiger partial charge in [-0.2, -0.15) is 5.10 Å². The Bertz CT molecular complexity index is 1220. The molecule has 10 heteroatoms. The summed E-state index contributed by atoms with van der Waals surface area (Å²) >= 11 is 20.5. The predicted molar refractivity (Wildman–Crippen MR) is 130 cm³/mol. The van der Waals surface area contributed by atoms with Crippen LogP contribution in [0.15, 0.2) is 41.4 Å². The summed E-state index contributed by atoms with van der Waals surface area (Å²) in [6.45, 7) is 0. The number of nitrogens with one attached hydrogen (secondary N) is 1. The summed E-state index contributed by atoms with van der Waals surface area (Å²) in [6, 6.07) is 10.4. The molecule has 6 nitrogen and oxygen atoms in total. The molecule has 1 aromatic heterocycles. The second kappa shape index (κ2) is 8.98. The van der Waals surface area contributed by atoms with Crippen LogP contribution >= 0.6 is 46.6 Å². The zero-order chi connectivity index (χ0) is 23.2. The Kier molecular flexibility index (Phi) is 6.45. The first kappa shape index (κ1) is 23.0. The topological polar surface area (TPSA) is 67.2 Å². The number of carbonyl (C=O) groups excluding carboxylic acids is 2. The van der Waals surface area contributed by atoms with Crippen molar-refractivity contribution in [2.75, 3.05) is 25.3 Å². The van der Waals surface area contributed by atoms with Gasteiger partial charge in [-0.05, 0) is 36.4 Å². The summed E-state index contributed by atoms with van der Waals surface area (Å²) in [5, 5.41) is 9.11. The molecule has 0 bridgehead atoms. The highest BCUT2D eigenvalue weighted by Crippen LogP contribution is 2.40. The van der Waals surface area contributed by atoms with Crippen LogP contribution in [-0.2, 0) is 11.2 Å². The van der Waals surface area contributed by atoms with Crippen molar-refractivity contribution >= 4 is 64.2 Å². The lowest BCUT2D eigenvalue weighted by atomic mass is 9.85. The molecule has 1 atom stereocenters. The summed E-state index contributed by atoms with van der Waals surface area (Å²) in [6.07, 6.45) is 2.27. The molecular weight excluding hydrogens is 491 g/mol. The van der Waals surface area contributed by atoms with Crippen molar-refractivity contribution in [2.24, 2.45) is 0 Å². The van der Waals surface area contributed by atoms with Gasteiger partial charge in [-0.1, -0.05) is 53.0 Å². The highest BCUT2D eigenvalue weighted by molar-refractivity contribution is 7.98. The van der Waals surface area contributed by atoms with Crippen LogP contribution in [0.25, 0.3) is 5.69 Å². The number of thioether (sulfide) groups is 1. The number of hydrogen-bond donors (Lipinski definition) is 1. The lowest BCUT2D eigenvalue weighted by Crippen LogP contribution is -2.41. The molecule has 0 aliphatic carbocycles. The van der Waals surface area contributed by atoms with Gasteiger partial charge >= 0.3 is 0 Å². The molecular formula is C22H19Cl3N4O2S. The largest absolute Gasteiger partial charge is 0.362 e. The van der Waals surface area contributed by atoms with Crippen LogP contribution < -0.4 is 10.2 Å². The van der Waals surface area contributed by atoms with Gasteiger partial charge in [0.05, 0.1) is 16.0 Å². The number of imide groups is 1. The first-order valence-corrected chi connectivity index (χ1v) is 12.0. The van der Waals surface area contributed by atoms with Gasteiger partial charge in [-0.25, -0.2) is 4.68 Å². The van der Waals surface area contributed by atoms with Crippen LogP contribution in [0.4, 0.5) is 5.82 Å². The normalized spacial score (nSPS) is 15.5. The van der Waals surface area contributed by atoms with Crippen molar-refractivity contribution in [3.63, 3.8) is 0 Å². The van der Waals surface area contributed by atoms with E-state index < -0.39 is 5.92 Å². The Morgan fingerprint density at radius 2 is 1.78 bits per heavy atom. The zero-order valence-corrected chi connectivity index (χ0v) is 20.5. The summed E-state index contributed by atoms with van der Waals surface area (Å²) in [5.41, 5.74) is 2.57. The second-order valence-electron chi connectivity index (χ2n) is 7.50. The fourth-order valence-electron chi connectivity index (χ4n) is 3.94. The average molecular weight is 510 g/mol. The molecule has 32 heavy (non-hydrogen) atoms. The molecule has 2 heterocycles. The Balaban J connectivity index is 1.89. The van der Waals surface area contributed by atoms with Gasteiger partial charge in [0.1, 0.15) is 16.5 Å². The van der Waals surface area contributed by atoms with E-state index >= 15 is 0 Å². The number of anilines is 1. The number of rotatable bonds is 5. The van der Waals surface area contributed by atoms with Gasteiger partial charge in [0, 0.05) is 30.2 Å². The monoisotopic (exact) mass is 508 g/mol. The average Bonchev–Trinajstić information content (AvgIpc) is 3.08. The molecule has 0 saturated heterocycles. The van der Waals surface area contributed by atoms with Gasteiger partial charge < -0.3 is 4.90 Å². The number of amides is 2. The van der Waals surface area contributed by atoms with Crippen molar-refractivity contribution in [1.29, 1.82) is 0 Å². The van der Waals surface area contributed by atoms with Crippen molar-refractivity contribution in [3.8, 4) is 5.69 Å². The van der Waals surface area contributed by atoms with Crippen LogP contribution in [0, 0.1) is 0 Å². The Morgan fingerprint density at radius 1 is 1.12 bits per heavy atom. The molecule has 1 N–H and O–H groups in total.